The van der Waals surface area contributed by atoms with E-state index >= 15 is 0 Å². The number of anilines is 2. The van der Waals surface area contributed by atoms with Gasteiger partial charge in [0.1, 0.15) is 22.7 Å². The highest BCUT2D eigenvalue weighted by Crippen LogP contribution is 2.38. The Bertz CT molecular complexity index is 887. The fourth-order valence-electron chi connectivity index (χ4n) is 3.03. The normalized spacial score (nSPS) is 14.6. The molecule has 3 rings (SSSR count). The number of ether oxygens (including phenoxy) is 1. The molecule has 2 heterocycles. The maximum atomic E-state index is 12.7. The van der Waals surface area contributed by atoms with Crippen molar-refractivity contribution in [3.8, 4) is 5.75 Å². The van der Waals surface area contributed by atoms with E-state index in [4.69, 9.17) is 51.1 Å². The number of halogens is 7. The number of rotatable bonds is 5. The lowest BCUT2D eigenvalue weighted by Gasteiger charge is -2.37. The zero-order chi connectivity index (χ0) is 21.9. The molecule has 1 aromatic carbocycles. The van der Waals surface area contributed by atoms with Crippen LogP contribution in [0.5, 0.6) is 5.75 Å². The summed E-state index contributed by atoms with van der Waals surface area (Å²) in [5, 5.41) is 0.860. The first kappa shape index (κ1) is 23.1. The van der Waals surface area contributed by atoms with Crippen molar-refractivity contribution >= 4 is 57.9 Å². The van der Waals surface area contributed by atoms with E-state index in [0.29, 0.717) is 53.5 Å². The lowest BCUT2D eigenvalue weighted by Crippen LogP contribution is -2.47. The third-order valence-electron chi connectivity index (χ3n) is 4.47. The van der Waals surface area contributed by atoms with Crippen LogP contribution in [0.4, 0.5) is 24.7 Å². The highest BCUT2D eigenvalue weighted by Gasteiger charge is 2.31. The minimum Gasteiger partial charge on any atom is -0.489 e. The van der Waals surface area contributed by atoms with Crippen LogP contribution in [0, 0.1) is 0 Å². The summed E-state index contributed by atoms with van der Waals surface area (Å²) in [5.41, 5.74) is -0.0915. The first-order chi connectivity index (χ1) is 14.1. The third-order valence-corrected chi connectivity index (χ3v) is 5.36. The predicted octanol–water partition coefficient (Wildman–Crippen LogP) is 6.43. The van der Waals surface area contributed by atoms with Gasteiger partial charge in [-0.05, 0) is 18.2 Å². The highest BCUT2D eigenvalue weighted by molar-refractivity contribution is 6.55. The van der Waals surface area contributed by atoms with E-state index in [1.54, 1.807) is 12.1 Å². The largest absolute Gasteiger partial charge is 0.489 e. The maximum Gasteiger partial charge on any atom is 0.417 e. The van der Waals surface area contributed by atoms with E-state index < -0.39 is 11.7 Å². The molecule has 0 saturated carbocycles. The van der Waals surface area contributed by atoms with Crippen molar-refractivity contribution in [2.75, 3.05) is 42.6 Å². The lowest BCUT2D eigenvalue weighted by molar-refractivity contribution is -0.137. The molecule has 0 amide bonds. The Balaban J connectivity index is 1.65. The number of alkyl halides is 3. The minimum absolute atomic E-state index is 0.101. The van der Waals surface area contributed by atoms with Crippen molar-refractivity contribution in [2.45, 2.75) is 6.18 Å². The third kappa shape index (κ3) is 5.78. The van der Waals surface area contributed by atoms with Crippen molar-refractivity contribution < 1.29 is 17.9 Å². The molecule has 1 fully saturated rings. The fraction of sp³-hybridized carbons (Fsp3) is 0.316. The second-order valence-corrected chi connectivity index (χ2v) is 8.24. The molecule has 0 radical (unpaired) electrons. The van der Waals surface area contributed by atoms with Crippen LogP contribution in [0.15, 0.2) is 41.0 Å². The number of benzene rings is 1. The molecule has 0 aliphatic carbocycles. The summed E-state index contributed by atoms with van der Waals surface area (Å²) in [6, 6.07) is 5.73. The van der Waals surface area contributed by atoms with Gasteiger partial charge >= 0.3 is 6.18 Å². The fourth-order valence-corrected chi connectivity index (χ4v) is 3.86. The number of aromatic nitrogens is 1. The van der Waals surface area contributed by atoms with Gasteiger partial charge in [-0.2, -0.15) is 13.2 Å². The van der Waals surface area contributed by atoms with E-state index in [-0.39, 0.29) is 11.1 Å². The van der Waals surface area contributed by atoms with Gasteiger partial charge in [-0.25, -0.2) is 4.98 Å². The number of nitrogens with zero attached hydrogens (tertiary/aromatic N) is 3. The summed E-state index contributed by atoms with van der Waals surface area (Å²) in [6.07, 6.45) is -2.06. The number of piperazine rings is 1. The average Bonchev–Trinajstić information content (AvgIpc) is 2.67. The van der Waals surface area contributed by atoms with Crippen LogP contribution in [-0.4, -0.2) is 37.8 Å². The van der Waals surface area contributed by atoms with Crippen LogP contribution in [0.25, 0.3) is 0 Å². The van der Waals surface area contributed by atoms with Gasteiger partial charge in [0.15, 0.2) is 0 Å². The molecule has 4 nitrogen and oxygen atoms in total. The number of pyridine rings is 1. The standard InChI is InChI=1S/C19H16Cl4F3N3O/c20-14-9-13(30-8-3-16(22)23)10-15(21)18(14)29-6-4-28(5-7-29)17-2-1-12(11-27-17)19(24,25)26/h1-3,9-11H,4-8H2. The molecule has 162 valence electrons. The first-order valence-electron chi connectivity index (χ1n) is 8.81. The predicted molar refractivity (Wildman–Crippen MR) is 115 cm³/mol. The van der Waals surface area contributed by atoms with Crippen molar-refractivity contribution in [2.24, 2.45) is 0 Å². The SMILES string of the molecule is FC(F)(F)c1ccc(N2CCN(c3c(Cl)cc(OCC=C(Cl)Cl)cc3Cl)CC2)nc1. The average molecular weight is 501 g/mol. The van der Waals surface area contributed by atoms with Crippen molar-refractivity contribution in [1.29, 1.82) is 0 Å². The molecule has 0 unspecified atom stereocenters. The summed E-state index contributed by atoms with van der Waals surface area (Å²) in [5.74, 6) is 0.974. The molecule has 11 heteroatoms. The number of hydrogen-bond donors (Lipinski definition) is 0. The summed E-state index contributed by atoms with van der Waals surface area (Å²) in [6.45, 7) is 2.44. The van der Waals surface area contributed by atoms with Gasteiger partial charge in [0.2, 0.25) is 0 Å². The van der Waals surface area contributed by atoms with Crippen LogP contribution in [0.1, 0.15) is 5.56 Å². The van der Waals surface area contributed by atoms with Crippen LogP contribution in [0.2, 0.25) is 10.0 Å². The lowest BCUT2D eigenvalue weighted by atomic mass is 10.2. The Kier molecular flexibility index (Phi) is 7.50. The van der Waals surface area contributed by atoms with Crippen LogP contribution < -0.4 is 14.5 Å². The molecule has 1 aliphatic heterocycles. The van der Waals surface area contributed by atoms with Crippen LogP contribution >= 0.6 is 46.4 Å². The van der Waals surface area contributed by atoms with E-state index in [1.807, 2.05) is 9.80 Å². The van der Waals surface area contributed by atoms with Gasteiger partial charge in [-0.15, -0.1) is 0 Å². The Labute approximate surface area is 191 Å². The maximum absolute atomic E-state index is 12.7. The van der Waals surface area contributed by atoms with E-state index in [9.17, 15) is 13.2 Å². The topological polar surface area (TPSA) is 28.6 Å². The van der Waals surface area contributed by atoms with Gasteiger partial charge in [-0.3, -0.25) is 0 Å². The quantitative estimate of drug-likeness (QED) is 0.472. The Hall–Kier alpha value is -1.54. The highest BCUT2D eigenvalue weighted by atomic mass is 35.5. The molecule has 0 N–H and O–H groups in total. The minimum atomic E-state index is -4.40. The summed E-state index contributed by atoms with van der Waals surface area (Å²) in [4.78, 5) is 7.88. The Morgan fingerprint density at radius 2 is 1.63 bits per heavy atom. The second kappa shape index (κ2) is 9.73. The van der Waals surface area contributed by atoms with Crippen LogP contribution in [0.3, 0.4) is 0 Å². The smallest absolute Gasteiger partial charge is 0.417 e. The molecular formula is C19H16Cl4F3N3O. The molecule has 2 aromatic rings. The molecule has 0 spiro atoms. The molecule has 0 atom stereocenters. The van der Waals surface area contributed by atoms with Gasteiger partial charge in [0.25, 0.3) is 0 Å². The van der Waals surface area contributed by atoms with E-state index in [1.165, 1.54) is 12.1 Å². The number of hydrogen-bond acceptors (Lipinski definition) is 4. The van der Waals surface area contributed by atoms with Crippen LogP contribution in [-0.2, 0) is 6.18 Å². The molecule has 1 aromatic heterocycles. The summed E-state index contributed by atoms with van der Waals surface area (Å²) >= 11 is 23.9. The molecule has 1 aliphatic rings. The van der Waals surface area contributed by atoms with E-state index in [0.717, 1.165) is 12.3 Å². The van der Waals surface area contributed by atoms with Gasteiger partial charge in [0.05, 0.1) is 21.3 Å². The van der Waals surface area contributed by atoms with Crippen molar-refractivity contribution in [3.05, 3.63) is 56.6 Å². The van der Waals surface area contributed by atoms with Gasteiger partial charge in [0, 0.05) is 44.5 Å². The Morgan fingerprint density at radius 1 is 1.03 bits per heavy atom. The van der Waals surface area contributed by atoms with E-state index in [2.05, 4.69) is 4.98 Å². The van der Waals surface area contributed by atoms with Gasteiger partial charge < -0.3 is 14.5 Å². The van der Waals surface area contributed by atoms with Crippen molar-refractivity contribution in [3.63, 3.8) is 0 Å². The molecular weight excluding hydrogens is 485 g/mol. The zero-order valence-electron chi connectivity index (χ0n) is 15.4. The zero-order valence-corrected chi connectivity index (χ0v) is 18.4. The van der Waals surface area contributed by atoms with Gasteiger partial charge in [-0.1, -0.05) is 46.4 Å². The molecule has 0 bridgehead atoms. The summed E-state index contributed by atoms with van der Waals surface area (Å²) < 4.78 is 43.7. The Morgan fingerprint density at radius 3 is 2.13 bits per heavy atom. The monoisotopic (exact) mass is 499 g/mol. The molecule has 1 saturated heterocycles. The second-order valence-electron chi connectivity index (χ2n) is 6.42. The summed E-state index contributed by atoms with van der Waals surface area (Å²) in [7, 11) is 0. The molecule has 30 heavy (non-hydrogen) atoms. The van der Waals surface area contributed by atoms with Crippen molar-refractivity contribution in [1.82, 2.24) is 4.98 Å². The first-order valence-corrected chi connectivity index (χ1v) is 10.3.